The molecule has 29 heavy (non-hydrogen) atoms. The summed E-state index contributed by atoms with van der Waals surface area (Å²) in [5.41, 5.74) is 3.08. The number of fused-ring (bicyclic) bond motifs is 1. The lowest BCUT2D eigenvalue weighted by atomic mass is 9.97. The highest BCUT2D eigenvalue weighted by atomic mass is 79.9. The summed E-state index contributed by atoms with van der Waals surface area (Å²) in [5, 5.41) is 2.85. The summed E-state index contributed by atoms with van der Waals surface area (Å²) < 4.78 is 29.3. The van der Waals surface area contributed by atoms with E-state index in [2.05, 4.69) is 21.2 Å². The van der Waals surface area contributed by atoms with Crippen molar-refractivity contribution < 1.29 is 13.2 Å². The second-order valence-electron chi connectivity index (χ2n) is 6.96. The monoisotopic (exact) mass is 470 g/mol. The first kappa shape index (κ1) is 19.8. The Bertz CT molecular complexity index is 1160. The smallest absolute Gasteiger partial charge is 0.244 e. The van der Waals surface area contributed by atoms with E-state index in [0.717, 1.165) is 15.6 Å². The van der Waals surface area contributed by atoms with Gasteiger partial charge in [-0.1, -0.05) is 64.0 Å². The van der Waals surface area contributed by atoms with E-state index in [0.29, 0.717) is 11.3 Å². The molecule has 0 aromatic heterocycles. The van der Waals surface area contributed by atoms with Crippen LogP contribution in [0.2, 0.25) is 0 Å². The van der Waals surface area contributed by atoms with Gasteiger partial charge in [0.2, 0.25) is 15.9 Å². The highest BCUT2D eigenvalue weighted by Gasteiger charge is 2.38. The van der Waals surface area contributed by atoms with Crippen LogP contribution in [-0.4, -0.2) is 25.2 Å². The van der Waals surface area contributed by atoms with E-state index in [-0.39, 0.29) is 17.3 Å². The maximum atomic E-state index is 13.6. The van der Waals surface area contributed by atoms with Gasteiger partial charge in [0.25, 0.3) is 0 Å². The first-order valence-corrected chi connectivity index (χ1v) is 11.3. The zero-order chi connectivity index (χ0) is 20.6. The van der Waals surface area contributed by atoms with Crippen LogP contribution in [0.15, 0.2) is 82.2 Å². The van der Waals surface area contributed by atoms with Crippen molar-refractivity contribution in [3.63, 3.8) is 0 Å². The third kappa shape index (κ3) is 3.85. The lowest BCUT2D eigenvalue weighted by Crippen LogP contribution is -2.38. The van der Waals surface area contributed by atoms with Crippen molar-refractivity contribution in [2.45, 2.75) is 17.9 Å². The van der Waals surface area contributed by atoms with Crippen LogP contribution in [0, 0.1) is 6.92 Å². The maximum Gasteiger partial charge on any atom is 0.244 e. The number of sulfonamides is 1. The van der Waals surface area contributed by atoms with Crippen molar-refractivity contribution in [3.8, 4) is 0 Å². The van der Waals surface area contributed by atoms with Crippen molar-refractivity contribution in [2.75, 3.05) is 11.9 Å². The molecule has 3 aromatic carbocycles. The van der Waals surface area contributed by atoms with E-state index in [1.807, 2.05) is 49.4 Å². The second kappa shape index (κ2) is 7.74. The fourth-order valence-corrected chi connectivity index (χ4v) is 5.43. The number of anilines is 1. The molecule has 1 atom stereocenters. The Morgan fingerprint density at radius 1 is 1.00 bits per heavy atom. The Kier molecular flexibility index (Phi) is 5.29. The minimum absolute atomic E-state index is 0.162. The summed E-state index contributed by atoms with van der Waals surface area (Å²) >= 11 is 3.47. The Labute approximate surface area is 178 Å². The third-order valence-corrected chi connectivity index (χ3v) is 7.23. The van der Waals surface area contributed by atoms with E-state index in [4.69, 9.17) is 0 Å². The molecule has 1 amide bonds. The maximum absolute atomic E-state index is 13.6. The normalized spacial score (nSPS) is 17.3. The van der Waals surface area contributed by atoms with Gasteiger partial charge in [0.1, 0.15) is 0 Å². The van der Waals surface area contributed by atoms with Crippen molar-refractivity contribution >= 4 is 37.5 Å². The molecule has 4 rings (SSSR count). The average Bonchev–Trinajstić information content (AvgIpc) is 2.85. The van der Waals surface area contributed by atoms with Crippen LogP contribution in [0.4, 0.5) is 5.69 Å². The highest BCUT2D eigenvalue weighted by Crippen LogP contribution is 2.39. The van der Waals surface area contributed by atoms with Crippen LogP contribution in [0.1, 0.15) is 22.7 Å². The zero-order valence-electron chi connectivity index (χ0n) is 15.7. The molecule has 148 valence electrons. The number of carbonyl (C=O) groups excluding carboxylic acids is 1. The largest absolute Gasteiger partial charge is 0.325 e. The number of nitrogens with one attached hydrogen (secondary N) is 1. The molecule has 0 unspecified atom stereocenters. The first-order chi connectivity index (χ1) is 13.9. The van der Waals surface area contributed by atoms with Crippen LogP contribution < -0.4 is 5.32 Å². The lowest BCUT2D eigenvalue weighted by Gasteiger charge is -2.29. The Balaban J connectivity index is 1.95. The van der Waals surface area contributed by atoms with Gasteiger partial charge in [0.15, 0.2) is 0 Å². The molecule has 1 aliphatic heterocycles. The zero-order valence-corrected chi connectivity index (χ0v) is 18.1. The van der Waals surface area contributed by atoms with Gasteiger partial charge in [-0.15, -0.1) is 0 Å². The minimum atomic E-state index is -3.93. The molecule has 1 heterocycles. The standard InChI is InChI=1S/C22H19BrN2O3S/c1-15-7-10-18(11-8-15)29(27,28)25-14-21(26)24-20-12-9-17(23)13-19(20)22(25)16-5-3-2-4-6-16/h2-13,22H,14H2,1H3,(H,24,26)/t22-/m0/s1. The summed E-state index contributed by atoms with van der Waals surface area (Å²) in [4.78, 5) is 12.8. The number of rotatable bonds is 3. The van der Waals surface area contributed by atoms with Gasteiger partial charge in [-0.25, -0.2) is 8.42 Å². The van der Waals surface area contributed by atoms with Gasteiger partial charge in [-0.05, 0) is 48.4 Å². The van der Waals surface area contributed by atoms with Crippen LogP contribution in [0.5, 0.6) is 0 Å². The van der Waals surface area contributed by atoms with Crippen LogP contribution in [0.3, 0.4) is 0 Å². The van der Waals surface area contributed by atoms with Crippen LogP contribution >= 0.6 is 15.9 Å². The number of benzene rings is 3. The fraction of sp³-hybridized carbons (Fsp3) is 0.136. The Morgan fingerprint density at radius 2 is 1.69 bits per heavy atom. The highest BCUT2D eigenvalue weighted by molar-refractivity contribution is 9.10. The molecule has 0 bridgehead atoms. The lowest BCUT2D eigenvalue weighted by molar-refractivity contribution is -0.116. The number of amides is 1. The summed E-state index contributed by atoms with van der Waals surface area (Å²) in [6.45, 7) is 1.62. The molecular formula is C22H19BrN2O3S. The van der Waals surface area contributed by atoms with Crippen molar-refractivity contribution in [1.29, 1.82) is 0 Å². The van der Waals surface area contributed by atoms with Crippen LogP contribution in [0.25, 0.3) is 0 Å². The minimum Gasteiger partial charge on any atom is -0.325 e. The molecule has 0 saturated heterocycles. The van der Waals surface area contributed by atoms with Gasteiger partial charge >= 0.3 is 0 Å². The van der Waals surface area contributed by atoms with Crippen molar-refractivity contribution in [2.24, 2.45) is 0 Å². The number of carbonyl (C=O) groups is 1. The van der Waals surface area contributed by atoms with Gasteiger partial charge in [0, 0.05) is 10.2 Å². The Morgan fingerprint density at radius 3 is 2.38 bits per heavy atom. The van der Waals surface area contributed by atoms with Gasteiger partial charge in [0.05, 0.1) is 17.5 Å². The van der Waals surface area contributed by atoms with Crippen LogP contribution in [-0.2, 0) is 14.8 Å². The molecule has 0 fully saturated rings. The van der Waals surface area contributed by atoms with Gasteiger partial charge in [-0.3, -0.25) is 4.79 Å². The molecule has 1 N–H and O–H groups in total. The molecule has 0 spiro atoms. The molecule has 0 radical (unpaired) electrons. The number of aryl methyl sites for hydroxylation is 1. The molecule has 7 heteroatoms. The quantitative estimate of drug-likeness (QED) is 0.612. The SMILES string of the molecule is Cc1ccc(S(=O)(=O)N2CC(=O)Nc3ccc(Br)cc3[C@@H]2c2ccccc2)cc1. The van der Waals surface area contributed by atoms with Gasteiger partial charge < -0.3 is 5.32 Å². The third-order valence-electron chi connectivity index (χ3n) is 4.91. The second-order valence-corrected chi connectivity index (χ2v) is 9.76. The molecule has 0 aliphatic carbocycles. The van der Waals surface area contributed by atoms with E-state index in [1.165, 1.54) is 4.31 Å². The molecule has 5 nitrogen and oxygen atoms in total. The molecular weight excluding hydrogens is 452 g/mol. The summed E-state index contributed by atoms with van der Waals surface area (Å²) in [5.74, 6) is -0.373. The van der Waals surface area contributed by atoms with E-state index in [9.17, 15) is 13.2 Å². The molecule has 0 saturated carbocycles. The summed E-state index contributed by atoms with van der Waals surface area (Å²) in [7, 11) is -3.93. The first-order valence-electron chi connectivity index (χ1n) is 9.09. The van der Waals surface area contributed by atoms with Gasteiger partial charge in [-0.2, -0.15) is 4.31 Å². The summed E-state index contributed by atoms with van der Waals surface area (Å²) in [6, 6.07) is 20.9. The average molecular weight is 471 g/mol. The molecule has 1 aliphatic rings. The van der Waals surface area contributed by atoms with E-state index < -0.39 is 16.1 Å². The predicted molar refractivity (Wildman–Crippen MR) is 116 cm³/mol. The fourth-order valence-electron chi connectivity index (χ4n) is 3.50. The predicted octanol–water partition coefficient (Wildman–Crippen LogP) is 4.49. The summed E-state index contributed by atoms with van der Waals surface area (Å²) in [6.07, 6.45) is 0. The molecule has 3 aromatic rings. The van der Waals surface area contributed by atoms with Crippen molar-refractivity contribution in [3.05, 3.63) is 94.0 Å². The number of hydrogen-bond donors (Lipinski definition) is 1. The number of nitrogens with zero attached hydrogens (tertiary/aromatic N) is 1. The topological polar surface area (TPSA) is 66.5 Å². The van der Waals surface area contributed by atoms with E-state index >= 15 is 0 Å². The Hall–Kier alpha value is -2.48. The number of halogens is 1. The van der Waals surface area contributed by atoms with Crippen molar-refractivity contribution in [1.82, 2.24) is 4.31 Å². The number of hydrogen-bond acceptors (Lipinski definition) is 3. The van der Waals surface area contributed by atoms with E-state index in [1.54, 1.807) is 30.3 Å².